The van der Waals surface area contributed by atoms with E-state index < -0.39 is 0 Å². The fraction of sp³-hybridized carbons (Fsp3) is 0.571. The third-order valence-electron chi connectivity index (χ3n) is 1.46. The highest BCUT2D eigenvalue weighted by Crippen LogP contribution is 2.23. The summed E-state index contributed by atoms with van der Waals surface area (Å²) in [4.78, 5) is 1.49. The number of hydrazine groups is 1. The Morgan fingerprint density at radius 2 is 2.20 bits per heavy atom. The third-order valence-corrected chi connectivity index (χ3v) is 1.46. The van der Waals surface area contributed by atoms with Gasteiger partial charge in [-0.25, -0.2) is 0 Å². The SMILES string of the molecule is C=[N+]1[N-]C(C(C)C)=C(C)N1. The molecule has 1 rings (SSSR count). The molecule has 1 aliphatic rings. The van der Waals surface area contributed by atoms with Gasteiger partial charge in [0.15, 0.2) is 6.72 Å². The molecule has 0 radical (unpaired) electrons. The maximum Gasteiger partial charge on any atom is 0.154 e. The highest BCUT2D eigenvalue weighted by atomic mass is 15.7. The Hall–Kier alpha value is -0.990. The predicted molar refractivity (Wildman–Crippen MR) is 41.4 cm³/mol. The van der Waals surface area contributed by atoms with E-state index in [2.05, 4.69) is 31.4 Å². The zero-order chi connectivity index (χ0) is 7.72. The predicted octanol–water partition coefficient (Wildman–Crippen LogP) is 1.39. The van der Waals surface area contributed by atoms with Crippen molar-refractivity contribution in [1.29, 1.82) is 0 Å². The Morgan fingerprint density at radius 1 is 1.60 bits per heavy atom. The summed E-state index contributed by atoms with van der Waals surface area (Å²) in [5, 5.41) is 0. The van der Waals surface area contributed by atoms with Gasteiger partial charge in [-0.2, -0.15) is 5.43 Å². The molecular weight excluding hydrogens is 126 g/mol. The van der Waals surface area contributed by atoms with Gasteiger partial charge in [0, 0.05) is 5.70 Å². The van der Waals surface area contributed by atoms with E-state index in [4.69, 9.17) is 0 Å². The topological polar surface area (TPSA) is 29.1 Å². The second-order valence-corrected chi connectivity index (χ2v) is 2.78. The van der Waals surface area contributed by atoms with Crippen LogP contribution in [0.4, 0.5) is 0 Å². The number of hydrogen-bond donors (Lipinski definition) is 1. The summed E-state index contributed by atoms with van der Waals surface area (Å²) in [5.74, 6) is 0.472. The second-order valence-electron chi connectivity index (χ2n) is 2.78. The lowest BCUT2D eigenvalue weighted by Crippen LogP contribution is -2.14. The molecule has 1 aliphatic heterocycles. The molecule has 0 unspecified atom stereocenters. The van der Waals surface area contributed by atoms with Crippen LogP contribution in [0.1, 0.15) is 20.8 Å². The van der Waals surface area contributed by atoms with E-state index in [-0.39, 0.29) is 0 Å². The standard InChI is InChI=1S/C7H13N3/c1-5(2)7-6(3)8-10(4)9-7/h5H,4H2,1-3H3,(H,8,9). The molecular formula is C7H13N3. The number of hydrogen-bond acceptors (Lipinski definition) is 1. The summed E-state index contributed by atoms with van der Waals surface area (Å²) in [7, 11) is 0. The highest BCUT2D eigenvalue weighted by Gasteiger charge is 2.12. The Bertz CT molecular complexity index is 191. The minimum Gasteiger partial charge on any atom is -0.263 e. The zero-order valence-electron chi connectivity index (χ0n) is 6.68. The molecule has 1 heterocycles. The molecule has 0 aromatic rings. The Morgan fingerprint density at radius 3 is 2.40 bits per heavy atom. The lowest BCUT2D eigenvalue weighted by molar-refractivity contribution is -0.512. The van der Waals surface area contributed by atoms with Crippen molar-refractivity contribution in [3.05, 3.63) is 16.8 Å². The summed E-state index contributed by atoms with van der Waals surface area (Å²) >= 11 is 0. The lowest BCUT2D eigenvalue weighted by Gasteiger charge is -2.06. The molecule has 0 saturated carbocycles. The van der Waals surface area contributed by atoms with Crippen molar-refractivity contribution in [2.75, 3.05) is 0 Å². The Labute approximate surface area is 61.4 Å². The highest BCUT2D eigenvalue weighted by molar-refractivity contribution is 5.26. The molecule has 0 aliphatic carbocycles. The molecule has 0 atom stereocenters. The molecule has 0 bridgehead atoms. The Kier molecular flexibility index (Phi) is 1.66. The smallest absolute Gasteiger partial charge is 0.154 e. The monoisotopic (exact) mass is 139 g/mol. The normalized spacial score (nSPS) is 17.8. The van der Waals surface area contributed by atoms with Crippen molar-refractivity contribution in [2.45, 2.75) is 20.8 Å². The van der Waals surface area contributed by atoms with Crippen LogP contribution in [0, 0.1) is 5.92 Å². The van der Waals surface area contributed by atoms with Crippen molar-refractivity contribution >= 4 is 6.72 Å². The largest absolute Gasteiger partial charge is 0.263 e. The van der Waals surface area contributed by atoms with Crippen LogP contribution >= 0.6 is 0 Å². The number of nitrogens with one attached hydrogen (secondary N) is 1. The molecule has 10 heavy (non-hydrogen) atoms. The van der Waals surface area contributed by atoms with Gasteiger partial charge in [0.2, 0.25) is 0 Å². The van der Waals surface area contributed by atoms with Crippen LogP contribution in [0.5, 0.6) is 0 Å². The molecule has 0 aromatic carbocycles. The quantitative estimate of drug-likeness (QED) is 0.546. The van der Waals surface area contributed by atoms with E-state index >= 15 is 0 Å². The second kappa shape index (κ2) is 2.33. The molecule has 0 amide bonds. The number of hydrazone groups is 1. The summed E-state index contributed by atoms with van der Waals surface area (Å²) in [6, 6.07) is 0. The maximum atomic E-state index is 4.16. The first-order valence-corrected chi connectivity index (χ1v) is 3.41. The van der Waals surface area contributed by atoms with Gasteiger partial charge in [-0.3, -0.25) is 5.43 Å². The molecule has 3 nitrogen and oxygen atoms in total. The van der Waals surface area contributed by atoms with E-state index in [0.717, 1.165) is 11.4 Å². The van der Waals surface area contributed by atoms with E-state index in [9.17, 15) is 0 Å². The van der Waals surface area contributed by atoms with E-state index in [1.807, 2.05) is 6.92 Å². The average Bonchev–Trinajstić information content (AvgIpc) is 2.10. The first-order valence-electron chi connectivity index (χ1n) is 3.41. The van der Waals surface area contributed by atoms with Crippen molar-refractivity contribution < 1.29 is 4.79 Å². The summed E-state index contributed by atoms with van der Waals surface area (Å²) in [5.41, 5.74) is 9.34. The van der Waals surface area contributed by atoms with Gasteiger partial charge in [-0.1, -0.05) is 13.8 Å². The number of rotatable bonds is 1. The van der Waals surface area contributed by atoms with Crippen LogP contribution in [-0.4, -0.2) is 11.5 Å². The lowest BCUT2D eigenvalue weighted by atomic mass is 10.1. The first-order chi connectivity index (χ1) is 4.61. The van der Waals surface area contributed by atoms with Crippen LogP contribution < -0.4 is 5.43 Å². The molecule has 0 aromatic heterocycles. The van der Waals surface area contributed by atoms with Crippen LogP contribution in [0.2, 0.25) is 0 Å². The van der Waals surface area contributed by atoms with Gasteiger partial charge in [-0.05, 0) is 18.5 Å². The van der Waals surface area contributed by atoms with Crippen molar-refractivity contribution in [3.8, 4) is 0 Å². The van der Waals surface area contributed by atoms with Crippen LogP contribution in [0.15, 0.2) is 11.4 Å². The van der Waals surface area contributed by atoms with Crippen LogP contribution in [-0.2, 0) is 0 Å². The maximum absolute atomic E-state index is 4.16. The van der Waals surface area contributed by atoms with Gasteiger partial charge < -0.3 is 0 Å². The van der Waals surface area contributed by atoms with Gasteiger partial charge >= 0.3 is 0 Å². The molecule has 1 N–H and O–H groups in total. The van der Waals surface area contributed by atoms with Crippen molar-refractivity contribution in [1.82, 2.24) is 5.43 Å². The van der Waals surface area contributed by atoms with E-state index in [1.54, 1.807) is 0 Å². The number of nitrogens with zero attached hydrogens (tertiary/aromatic N) is 2. The van der Waals surface area contributed by atoms with Gasteiger partial charge in [0.1, 0.15) is 0 Å². The van der Waals surface area contributed by atoms with Crippen molar-refractivity contribution in [2.24, 2.45) is 5.92 Å². The van der Waals surface area contributed by atoms with Crippen LogP contribution in [0.3, 0.4) is 0 Å². The fourth-order valence-corrected chi connectivity index (χ4v) is 1.03. The van der Waals surface area contributed by atoms with Crippen LogP contribution in [0.25, 0.3) is 5.43 Å². The zero-order valence-corrected chi connectivity index (χ0v) is 6.68. The third kappa shape index (κ3) is 1.12. The Balaban J connectivity index is 2.75. The van der Waals surface area contributed by atoms with E-state index in [0.29, 0.717) is 5.92 Å². The van der Waals surface area contributed by atoms with Crippen molar-refractivity contribution in [3.63, 3.8) is 0 Å². The fourth-order valence-electron chi connectivity index (χ4n) is 1.03. The summed E-state index contributed by atoms with van der Waals surface area (Å²) < 4.78 is 0. The molecule has 0 saturated heterocycles. The summed E-state index contributed by atoms with van der Waals surface area (Å²) in [6.07, 6.45) is 0. The molecule has 3 heteroatoms. The minimum atomic E-state index is 0.472. The summed E-state index contributed by atoms with van der Waals surface area (Å²) in [6.45, 7) is 9.87. The molecule has 0 spiro atoms. The first kappa shape index (κ1) is 7.12. The van der Waals surface area contributed by atoms with E-state index in [1.165, 1.54) is 4.79 Å². The van der Waals surface area contributed by atoms with Gasteiger partial charge in [-0.15, -0.1) is 4.79 Å². The molecule has 56 valence electrons. The van der Waals surface area contributed by atoms with Gasteiger partial charge in [0.05, 0.1) is 0 Å². The van der Waals surface area contributed by atoms with Gasteiger partial charge in [0.25, 0.3) is 0 Å². The average molecular weight is 139 g/mol. The number of allylic oxidation sites excluding steroid dienone is 2. The minimum absolute atomic E-state index is 0.472. The molecule has 0 fully saturated rings.